The Labute approximate surface area is 103 Å². The molecule has 2 rings (SSSR count). The van der Waals surface area contributed by atoms with Crippen molar-refractivity contribution in [1.82, 2.24) is 0 Å². The zero-order chi connectivity index (χ0) is 12.1. The number of ether oxygens (including phenoxy) is 2. The third kappa shape index (κ3) is 4.02. The van der Waals surface area contributed by atoms with E-state index in [0.717, 1.165) is 23.8 Å². The van der Waals surface area contributed by atoms with Gasteiger partial charge in [0.15, 0.2) is 0 Å². The molecule has 0 spiro atoms. The summed E-state index contributed by atoms with van der Waals surface area (Å²) in [6.45, 7) is 1.42. The Balaban J connectivity index is 1.74. The third-order valence-electron chi connectivity index (χ3n) is 3.19. The maximum absolute atomic E-state index is 6.07. The number of benzene rings is 1. The van der Waals surface area contributed by atoms with Crippen LogP contribution >= 0.6 is 0 Å². The maximum atomic E-state index is 6.07. The standard InChI is InChI=1S/C14H21NO2/c1-16-13-4-2-3-12(9-13)14(15)10-17-8-7-11-5-6-11/h2-4,9,11,14H,5-8,10,15H2,1H3. The number of hydrogen-bond acceptors (Lipinski definition) is 3. The number of hydrogen-bond donors (Lipinski definition) is 1. The molecular formula is C14H21NO2. The molecule has 1 fully saturated rings. The van der Waals surface area contributed by atoms with E-state index < -0.39 is 0 Å². The summed E-state index contributed by atoms with van der Waals surface area (Å²) in [4.78, 5) is 0. The second kappa shape index (κ2) is 6.03. The Morgan fingerprint density at radius 2 is 2.24 bits per heavy atom. The molecule has 0 aromatic heterocycles. The highest BCUT2D eigenvalue weighted by Gasteiger charge is 2.20. The lowest BCUT2D eigenvalue weighted by atomic mass is 10.1. The summed E-state index contributed by atoms with van der Waals surface area (Å²) in [6, 6.07) is 7.79. The zero-order valence-corrected chi connectivity index (χ0v) is 10.4. The molecule has 1 unspecified atom stereocenters. The highest BCUT2D eigenvalue weighted by molar-refractivity contribution is 5.30. The van der Waals surface area contributed by atoms with Crippen LogP contribution in [0.15, 0.2) is 24.3 Å². The van der Waals surface area contributed by atoms with Gasteiger partial charge in [-0.15, -0.1) is 0 Å². The molecule has 3 nitrogen and oxygen atoms in total. The minimum atomic E-state index is -0.0655. The molecule has 0 radical (unpaired) electrons. The van der Waals surface area contributed by atoms with E-state index in [1.165, 1.54) is 19.3 Å². The van der Waals surface area contributed by atoms with Gasteiger partial charge in [-0.1, -0.05) is 25.0 Å². The van der Waals surface area contributed by atoms with E-state index in [-0.39, 0.29) is 6.04 Å². The van der Waals surface area contributed by atoms with Crippen molar-refractivity contribution >= 4 is 0 Å². The predicted octanol–water partition coefficient (Wildman–Crippen LogP) is 2.51. The van der Waals surface area contributed by atoms with Crippen LogP contribution in [0, 0.1) is 5.92 Å². The first kappa shape index (κ1) is 12.4. The first-order valence-corrected chi connectivity index (χ1v) is 6.27. The van der Waals surface area contributed by atoms with Crippen molar-refractivity contribution in [1.29, 1.82) is 0 Å². The zero-order valence-electron chi connectivity index (χ0n) is 10.4. The lowest BCUT2D eigenvalue weighted by molar-refractivity contribution is 0.115. The summed E-state index contributed by atoms with van der Waals surface area (Å²) < 4.78 is 10.8. The van der Waals surface area contributed by atoms with Gasteiger partial charge in [0.1, 0.15) is 5.75 Å². The van der Waals surface area contributed by atoms with E-state index >= 15 is 0 Å². The highest BCUT2D eigenvalue weighted by atomic mass is 16.5. The Morgan fingerprint density at radius 3 is 2.94 bits per heavy atom. The molecule has 0 heterocycles. The van der Waals surface area contributed by atoms with Crippen LogP contribution in [0.4, 0.5) is 0 Å². The van der Waals surface area contributed by atoms with Gasteiger partial charge in [-0.2, -0.15) is 0 Å². The molecule has 94 valence electrons. The summed E-state index contributed by atoms with van der Waals surface area (Å²) in [5, 5.41) is 0. The van der Waals surface area contributed by atoms with Gasteiger partial charge >= 0.3 is 0 Å². The average molecular weight is 235 g/mol. The highest BCUT2D eigenvalue weighted by Crippen LogP contribution is 2.32. The molecule has 0 aliphatic heterocycles. The Kier molecular flexibility index (Phi) is 4.40. The summed E-state index contributed by atoms with van der Waals surface area (Å²) in [5.41, 5.74) is 7.14. The monoisotopic (exact) mass is 235 g/mol. The molecule has 2 N–H and O–H groups in total. The second-order valence-corrected chi connectivity index (χ2v) is 4.69. The summed E-state index contributed by atoms with van der Waals surface area (Å²) in [7, 11) is 1.66. The average Bonchev–Trinajstić information content (AvgIpc) is 3.18. The van der Waals surface area contributed by atoms with Gasteiger partial charge in [0.2, 0.25) is 0 Å². The van der Waals surface area contributed by atoms with Crippen molar-refractivity contribution in [3.8, 4) is 5.75 Å². The van der Waals surface area contributed by atoms with Gasteiger partial charge in [0.25, 0.3) is 0 Å². The van der Waals surface area contributed by atoms with Crippen LogP contribution in [0.3, 0.4) is 0 Å². The molecule has 0 bridgehead atoms. The van der Waals surface area contributed by atoms with E-state index in [1.807, 2.05) is 24.3 Å². The number of rotatable bonds is 7. The van der Waals surface area contributed by atoms with Crippen LogP contribution in [-0.4, -0.2) is 20.3 Å². The third-order valence-corrected chi connectivity index (χ3v) is 3.19. The van der Waals surface area contributed by atoms with Crippen LogP contribution in [0.2, 0.25) is 0 Å². The first-order valence-electron chi connectivity index (χ1n) is 6.27. The molecular weight excluding hydrogens is 214 g/mol. The first-order chi connectivity index (χ1) is 8.29. The van der Waals surface area contributed by atoms with Gasteiger partial charge < -0.3 is 15.2 Å². The molecule has 1 aliphatic rings. The smallest absolute Gasteiger partial charge is 0.119 e. The van der Waals surface area contributed by atoms with Crippen LogP contribution < -0.4 is 10.5 Å². The minimum absolute atomic E-state index is 0.0655. The predicted molar refractivity (Wildman–Crippen MR) is 68.1 cm³/mol. The molecule has 17 heavy (non-hydrogen) atoms. The fourth-order valence-electron chi connectivity index (χ4n) is 1.84. The van der Waals surface area contributed by atoms with Crippen molar-refractivity contribution in [3.05, 3.63) is 29.8 Å². The fourth-order valence-corrected chi connectivity index (χ4v) is 1.84. The van der Waals surface area contributed by atoms with Crippen molar-refractivity contribution in [2.24, 2.45) is 11.7 Å². The second-order valence-electron chi connectivity index (χ2n) is 4.69. The normalized spacial score (nSPS) is 16.8. The number of nitrogens with two attached hydrogens (primary N) is 1. The molecule has 1 saturated carbocycles. The van der Waals surface area contributed by atoms with E-state index in [9.17, 15) is 0 Å². The largest absolute Gasteiger partial charge is 0.497 e. The van der Waals surface area contributed by atoms with Crippen LogP contribution in [0.1, 0.15) is 30.9 Å². The summed E-state index contributed by atoms with van der Waals surface area (Å²) >= 11 is 0. The molecule has 3 heteroatoms. The van der Waals surface area contributed by atoms with Gasteiger partial charge in [0, 0.05) is 6.61 Å². The number of methoxy groups -OCH3 is 1. The van der Waals surface area contributed by atoms with E-state index in [0.29, 0.717) is 6.61 Å². The van der Waals surface area contributed by atoms with Crippen molar-refractivity contribution in [2.75, 3.05) is 20.3 Å². The lowest BCUT2D eigenvalue weighted by Gasteiger charge is -2.13. The van der Waals surface area contributed by atoms with Crippen molar-refractivity contribution in [3.63, 3.8) is 0 Å². The van der Waals surface area contributed by atoms with Crippen LogP contribution in [-0.2, 0) is 4.74 Å². The molecule has 0 saturated heterocycles. The SMILES string of the molecule is COc1cccc(C(N)COCCC2CC2)c1. The topological polar surface area (TPSA) is 44.5 Å². The van der Waals surface area contributed by atoms with Crippen molar-refractivity contribution < 1.29 is 9.47 Å². The van der Waals surface area contributed by atoms with Gasteiger partial charge in [-0.25, -0.2) is 0 Å². The summed E-state index contributed by atoms with van der Waals surface area (Å²) in [5.74, 6) is 1.76. The van der Waals surface area contributed by atoms with E-state index in [4.69, 9.17) is 15.2 Å². The molecule has 0 amide bonds. The molecule has 1 atom stereocenters. The van der Waals surface area contributed by atoms with E-state index in [2.05, 4.69) is 0 Å². The maximum Gasteiger partial charge on any atom is 0.119 e. The van der Waals surface area contributed by atoms with Crippen LogP contribution in [0.25, 0.3) is 0 Å². The van der Waals surface area contributed by atoms with Crippen LogP contribution in [0.5, 0.6) is 5.75 Å². The lowest BCUT2D eigenvalue weighted by Crippen LogP contribution is -2.17. The Hall–Kier alpha value is -1.06. The fraction of sp³-hybridized carbons (Fsp3) is 0.571. The quantitative estimate of drug-likeness (QED) is 0.738. The Morgan fingerprint density at radius 1 is 1.41 bits per heavy atom. The molecule has 1 aromatic rings. The van der Waals surface area contributed by atoms with Gasteiger partial charge in [0.05, 0.1) is 19.8 Å². The van der Waals surface area contributed by atoms with Gasteiger partial charge in [-0.3, -0.25) is 0 Å². The molecule has 1 aromatic carbocycles. The van der Waals surface area contributed by atoms with E-state index in [1.54, 1.807) is 7.11 Å². The molecule has 1 aliphatic carbocycles. The van der Waals surface area contributed by atoms with Crippen molar-refractivity contribution in [2.45, 2.75) is 25.3 Å². The minimum Gasteiger partial charge on any atom is -0.497 e. The van der Waals surface area contributed by atoms with Gasteiger partial charge in [-0.05, 0) is 30.0 Å². The Bertz CT molecular complexity index is 350. The summed E-state index contributed by atoms with van der Waals surface area (Å²) in [6.07, 6.45) is 3.95.